The average molecular weight is 226 g/mol. The fourth-order valence-corrected chi connectivity index (χ4v) is 2.76. The van der Waals surface area contributed by atoms with E-state index in [1.807, 2.05) is 20.8 Å². The summed E-state index contributed by atoms with van der Waals surface area (Å²) in [7, 11) is 0. The lowest BCUT2D eigenvalue weighted by Crippen LogP contribution is -2.26. The van der Waals surface area contributed by atoms with Crippen LogP contribution >= 0.6 is 0 Å². The Morgan fingerprint density at radius 3 is 2.06 bits per heavy atom. The lowest BCUT2D eigenvalue weighted by Gasteiger charge is -2.20. The fraction of sp³-hybridized carbons (Fsp3) is 0.833. The third-order valence-electron chi connectivity index (χ3n) is 3.47. The molecule has 2 saturated carbocycles. The molecule has 2 fully saturated rings. The van der Waals surface area contributed by atoms with Crippen LogP contribution in [0.5, 0.6) is 0 Å². The zero-order valence-corrected chi connectivity index (χ0v) is 9.90. The number of rotatable bonds is 2. The average Bonchev–Trinajstić information content (AvgIpc) is 2.59. The molecule has 0 amide bonds. The van der Waals surface area contributed by atoms with Gasteiger partial charge in [0.05, 0.1) is 11.8 Å². The Morgan fingerprint density at radius 1 is 1.19 bits per heavy atom. The van der Waals surface area contributed by atoms with Gasteiger partial charge in [-0.25, -0.2) is 0 Å². The Bertz CT molecular complexity index is 316. The molecule has 4 nitrogen and oxygen atoms in total. The van der Waals surface area contributed by atoms with Crippen LogP contribution in [0.15, 0.2) is 0 Å². The van der Waals surface area contributed by atoms with Crippen LogP contribution in [0.3, 0.4) is 0 Å². The van der Waals surface area contributed by atoms with Gasteiger partial charge in [-0.3, -0.25) is 9.59 Å². The van der Waals surface area contributed by atoms with Crippen molar-refractivity contribution >= 4 is 11.9 Å². The van der Waals surface area contributed by atoms with E-state index in [9.17, 15) is 9.59 Å². The van der Waals surface area contributed by atoms with E-state index in [0.29, 0.717) is 12.8 Å². The van der Waals surface area contributed by atoms with Crippen LogP contribution in [0, 0.1) is 23.7 Å². The molecule has 16 heavy (non-hydrogen) atoms. The Kier molecular flexibility index (Phi) is 2.48. The summed E-state index contributed by atoms with van der Waals surface area (Å²) in [6, 6.07) is 0. The van der Waals surface area contributed by atoms with Crippen LogP contribution in [0.2, 0.25) is 0 Å². The molecular formula is C12H18O4. The van der Waals surface area contributed by atoms with Gasteiger partial charge >= 0.3 is 11.9 Å². The third-order valence-corrected chi connectivity index (χ3v) is 3.47. The quantitative estimate of drug-likeness (QED) is 0.728. The number of carbonyl (C=O) groups is 2. The minimum atomic E-state index is -0.727. The molecule has 0 saturated heterocycles. The Balaban J connectivity index is 1.86. The van der Waals surface area contributed by atoms with E-state index in [1.54, 1.807) is 0 Å². The summed E-state index contributed by atoms with van der Waals surface area (Å²) in [5.41, 5.74) is -0.444. The van der Waals surface area contributed by atoms with Crippen molar-refractivity contribution in [2.24, 2.45) is 23.7 Å². The molecule has 0 aromatic carbocycles. The number of esters is 1. The van der Waals surface area contributed by atoms with Crippen molar-refractivity contribution in [1.82, 2.24) is 0 Å². The largest absolute Gasteiger partial charge is 0.481 e. The minimum absolute atomic E-state index is 0.0326. The molecule has 1 N–H and O–H groups in total. The van der Waals surface area contributed by atoms with Crippen LogP contribution in [-0.2, 0) is 14.3 Å². The first-order valence-corrected chi connectivity index (χ1v) is 5.75. The van der Waals surface area contributed by atoms with Crippen molar-refractivity contribution in [3.05, 3.63) is 0 Å². The van der Waals surface area contributed by atoms with E-state index >= 15 is 0 Å². The summed E-state index contributed by atoms with van der Waals surface area (Å²) in [4.78, 5) is 22.5. The zero-order chi connectivity index (χ0) is 12.1. The van der Waals surface area contributed by atoms with Crippen molar-refractivity contribution in [3.63, 3.8) is 0 Å². The van der Waals surface area contributed by atoms with Crippen molar-refractivity contribution in [2.75, 3.05) is 0 Å². The third kappa shape index (κ3) is 2.06. The molecule has 0 bridgehead atoms. The summed E-state index contributed by atoms with van der Waals surface area (Å²) in [6.45, 7) is 5.55. The van der Waals surface area contributed by atoms with Crippen molar-refractivity contribution in [1.29, 1.82) is 0 Å². The highest BCUT2D eigenvalue weighted by Crippen LogP contribution is 2.60. The van der Waals surface area contributed by atoms with Crippen molar-refractivity contribution in [2.45, 2.75) is 39.2 Å². The Hall–Kier alpha value is -1.06. The topological polar surface area (TPSA) is 63.6 Å². The molecule has 2 atom stereocenters. The monoisotopic (exact) mass is 226 g/mol. The summed E-state index contributed by atoms with van der Waals surface area (Å²) in [5.74, 6) is -0.628. The van der Waals surface area contributed by atoms with Gasteiger partial charge in [-0.2, -0.15) is 0 Å². The minimum Gasteiger partial charge on any atom is -0.481 e. The zero-order valence-electron chi connectivity index (χ0n) is 9.90. The Labute approximate surface area is 95.0 Å². The van der Waals surface area contributed by atoms with E-state index in [4.69, 9.17) is 9.84 Å². The molecule has 4 heteroatoms. The van der Waals surface area contributed by atoms with Gasteiger partial charge in [-0.05, 0) is 45.4 Å². The fourth-order valence-electron chi connectivity index (χ4n) is 2.76. The summed E-state index contributed by atoms with van der Waals surface area (Å²) >= 11 is 0. The first-order chi connectivity index (χ1) is 7.29. The molecule has 0 radical (unpaired) electrons. The molecule has 2 rings (SSSR count). The number of carbonyl (C=O) groups excluding carboxylic acids is 1. The van der Waals surface area contributed by atoms with Gasteiger partial charge in [-0.15, -0.1) is 0 Å². The van der Waals surface area contributed by atoms with E-state index in [0.717, 1.165) is 0 Å². The van der Waals surface area contributed by atoms with Crippen LogP contribution in [-0.4, -0.2) is 22.6 Å². The molecule has 2 aliphatic carbocycles. The number of hydrogen-bond acceptors (Lipinski definition) is 3. The van der Waals surface area contributed by atoms with Gasteiger partial charge in [0.15, 0.2) is 0 Å². The molecule has 2 aliphatic rings. The number of hydrogen-bond donors (Lipinski definition) is 1. The van der Waals surface area contributed by atoms with Crippen molar-refractivity contribution in [3.8, 4) is 0 Å². The normalized spacial score (nSPS) is 36.7. The maximum absolute atomic E-state index is 11.7. The van der Waals surface area contributed by atoms with Crippen LogP contribution in [0.4, 0.5) is 0 Å². The van der Waals surface area contributed by atoms with E-state index in [1.165, 1.54) is 0 Å². The second-order valence-corrected chi connectivity index (χ2v) is 5.89. The number of ether oxygens (including phenoxy) is 1. The summed E-state index contributed by atoms with van der Waals surface area (Å²) < 4.78 is 5.31. The molecule has 0 aromatic rings. The van der Waals surface area contributed by atoms with E-state index in [2.05, 4.69) is 0 Å². The van der Waals surface area contributed by atoms with Gasteiger partial charge < -0.3 is 9.84 Å². The van der Waals surface area contributed by atoms with Gasteiger partial charge in [-0.1, -0.05) is 0 Å². The summed E-state index contributed by atoms with van der Waals surface area (Å²) in [6.07, 6.45) is 1.29. The molecular weight excluding hydrogens is 208 g/mol. The second kappa shape index (κ2) is 3.47. The number of carboxylic acids is 1. The molecule has 0 aliphatic heterocycles. The van der Waals surface area contributed by atoms with Gasteiger partial charge in [0.2, 0.25) is 0 Å². The van der Waals surface area contributed by atoms with Gasteiger partial charge in [0.1, 0.15) is 5.60 Å². The number of fused-ring (bicyclic) bond motifs is 1. The first-order valence-electron chi connectivity index (χ1n) is 5.75. The first kappa shape index (κ1) is 11.4. The van der Waals surface area contributed by atoms with Crippen LogP contribution < -0.4 is 0 Å². The Morgan fingerprint density at radius 2 is 1.69 bits per heavy atom. The predicted octanol–water partition coefficient (Wildman–Crippen LogP) is 1.68. The number of aliphatic carboxylic acids is 1. The lowest BCUT2D eigenvalue weighted by atomic mass is 10.0. The molecule has 90 valence electrons. The highest BCUT2D eigenvalue weighted by atomic mass is 16.6. The second-order valence-electron chi connectivity index (χ2n) is 5.89. The van der Waals surface area contributed by atoms with Crippen LogP contribution in [0.25, 0.3) is 0 Å². The lowest BCUT2D eigenvalue weighted by molar-refractivity contribution is -0.158. The van der Waals surface area contributed by atoms with E-state index < -0.39 is 11.6 Å². The molecule has 2 unspecified atom stereocenters. The van der Waals surface area contributed by atoms with Gasteiger partial charge in [0.25, 0.3) is 0 Å². The van der Waals surface area contributed by atoms with Crippen molar-refractivity contribution < 1.29 is 19.4 Å². The maximum Gasteiger partial charge on any atom is 0.310 e. The molecule has 0 spiro atoms. The maximum atomic E-state index is 11.7. The highest BCUT2D eigenvalue weighted by Gasteiger charge is 2.61. The molecule has 0 heterocycles. The highest BCUT2D eigenvalue weighted by molar-refractivity contribution is 5.79. The van der Waals surface area contributed by atoms with E-state index in [-0.39, 0.29) is 29.6 Å². The summed E-state index contributed by atoms with van der Waals surface area (Å²) in [5, 5.41) is 8.85. The van der Waals surface area contributed by atoms with Gasteiger partial charge in [0, 0.05) is 0 Å². The predicted molar refractivity (Wildman–Crippen MR) is 56.7 cm³/mol. The SMILES string of the molecule is CC(C)(C)OC(=O)C1C2CC(C(=O)O)CC21. The number of carboxylic acid groups (broad SMARTS) is 1. The van der Waals surface area contributed by atoms with Crippen LogP contribution in [0.1, 0.15) is 33.6 Å². The standard InChI is InChI=1S/C12H18O4/c1-12(2,3)16-11(15)9-7-4-6(10(13)14)5-8(7)9/h6-9H,4-5H2,1-3H3,(H,13,14). The molecule has 0 aromatic heterocycles. The smallest absolute Gasteiger partial charge is 0.310 e.